The number of nitrogens with one attached hydrogen (secondary N) is 2. The number of carbonyl (C=O) groups is 2. The van der Waals surface area contributed by atoms with Crippen molar-refractivity contribution in [2.45, 2.75) is 25.4 Å². The van der Waals surface area contributed by atoms with Crippen molar-refractivity contribution in [2.24, 2.45) is 0 Å². The zero-order valence-electron chi connectivity index (χ0n) is 14.3. The topological polar surface area (TPSA) is 87.3 Å². The first kappa shape index (κ1) is 17.8. The van der Waals surface area contributed by atoms with Gasteiger partial charge in [-0.05, 0) is 25.1 Å². The highest BCUT2D eigenvalue weighted by Gasteiger charge is 2.36. The second kappa shape index (κ2) is 7.11. The number of aromatic nitrogens is 2. The van der Waals surface area contributed by atoms with Crippen molar-refractivity contribution in [3.63, 3.8) is 0 Å². The van der Waals surface area contributed by atoms with Crippen LogP contribution >= 0.6 is 0 Å². The molecule has 7 nitrogen and oxygen atoms in total. The molecule has 9 heteroatoms. The maximum atomic E-state index is 14.4. The van der Waals surface area contributed by atoms with Crippen LogP contribution in [0.2, 0.25) is 0 Å². The van der Waals surface area contributed by atoms with E-state index in [4.69, 9.17) is 0 Å². The van der Waals surface area contributed by atoms with Gasteiger partial charge >= 0.3 is 12.0 Å². The molecule has 2 aromatic rings. The number of imidazole rings is 1. The molecule has 1 aromatic carbocycles. The highest BCUT2D eigenvalue weighted by Crippen LogP contribution is 2.35. The molecule has 0 saturated heterocycles. The molecule has 1 aliphatic rings. The molecule has 1 aromatic heterocycles. The van der Waals surface area contributed by atoms with Crippen molar-refractivity contribution in [1.29, 1.82) is 0 Å². The number of methoxy groups -OCH3 is 1. The lowest BCUT2D eigenvalue weighted by Crippen LogP contribution is -2.50. The lowest BCUT2D eigenvalue weighted by atomic mass is 9.95. The molecule has 0 fully saturated rings. The normalized spacial score (nSPS) is 17.4. The predicted octanol–water partition coefficient (Wildman–Crippen LogP) is 1.91. The van der Waals surface area contributed by atoms with Gasteiger partial charge in [0.25, 0.3) is 0 Å². The summed E-state index contributed by atoms with van der Waals surface area (Å²) >= 11 is 0. The summed E-state index contributed by atoms with van der Waals surface area (Å²) in [5.74, 6) is -1.87. The van der Waals surface area contributed by atoms with Gasteiger partial charge in [0.15, 0.2) is 0 Å². The van der Waals surface area contributed by atoms with E-state index in [1.165, 1.54) is 25.3 Å². The Balaban J connectivity index is 1.97. The fourth-order valence-corrected chi connectivity index (χ4v) is 3.04. The first-order valence-electron chi connectivity index (χ1n) is 8.04. The summed E-state index contributed by atoms with van der Waals surface area (Å²) in [5.41, 5.74) is 1.20. The summed E-state index contributed by atoms with van der Waals surface area (Å²) in [4.78, 5) is 32.7. The number of nitrogens with zero attached hydrogens (tertiary/aromatic N) is 2. The molecule has 0 saturated carbocycles. The van der Waals surface area contributed by atoms with Crippen molar-refractivity contribution in [3.05, 3.63) is 53.1 Å². The van der Waals surface area contributed by atoms with E-state index in [9.17, 15) is 18.4 Å². The van der Waals surface area contributed by atoms with E-state index in [2.05, 4.69) is 20.0 Å². The van der Waals surface area contributed by atoms with E-state index >= 15 is 0 Å². The SMILES string of the molecule is COC(=O)[C@@H](C)NC(=O)N1CCc2[nH]cnc2[C@H]1c1cc(F)ccc1F. The summed E-state index contributed by atoms with van der Waals surface area (Å²) < 4.78 is 32.7. The number of hydrogen-bond donors (Lipinski definition) is 2. The standard InChI is InChI=1S/C17H18F2N4O3/c1-9(16(24)26-2)22-17(25)23-6-5-13-14(21-8-20-13)15(23)11-7-10(18)3-4-12(11)19/h3-4,7-9,15H,5-6H2,1-2H3,(H,20,21)(H,22,25)/t9-,15-/m1/s1. The fourth-order valence-electron chi connectivity index (χ4n) is 3.04. The molecule has 0 radical (unpaired) electrons. The highest BCUT2D eigenvalue weighted by molar-refractivity contribution is 5.83. The lowest BCUT2D eigenvalue weighted by Gasteiger charge is -2.35. The van der Waals surface area contributed by atoms with Crippen molar-refractivity contribution < 1.29 is 23.1 Å². The first-order valence-corrected chi connectivity index (χ1v) is 8.04. The van der Waals surface area contributed by atoms with Gasteiger partial charge in [0.05, 0.1) is 19.1 Å². The van der Waals surface area contributed by atoms with Gasteiger partial charge in [0.2, 0.25) is 0 Å². The number of benzene rings is 1. The molecule has 0 bridgehead atoms. The molecule has 2 amide bonds. The summed E-state index contributed by atoms with van der Waals surface area (Å²) in [6, 6.07) is 0.686. The molecule has 0 spiro atoms. The Hall–Kier alpha value is -2.97. The number of urea groups is 1. The molecule has 2 N–H and O–H groups in total. The minimum absolute atomic E-state index is 0.000999. The third-order valence-corrected chi connectivity index (χ3v) is 4.33. The van der Waals surface area contributed by atoms with Gasteiger partial charge in [0, 0.05) is 24.2 Å². The molecule has 1 aliphatic heterocycles. The number of fused-ring (bicyclic) bond motifs is 1. The Morgan fingerprint density at radius 2 is 2.19 bits per heavy atom. The van der Waals surface area contributed by atoms with Crippen molar-refractivity contribution in [2.75, 3.05) is 13.7 Å². The first-order chi connectivity index (χ1) is 12.4. The van der Waals surface area contributed by atoms with Gasteiger partial charge in [-0.15, -0.1) is 0 Å². The van der Waals surface area contributed by atoms with Crippen LogP contribution in [0.3, 0.4) is 0 Å². The van der Waals surface area contributed by atoms with Gasteiger partial charge in [-0.2, -0.15) is 0 Å². The van der Waals surface area contributed by atoms with Crippen LogP contribution in [0.4, 0.5) is 13.6 Å². The number of ether oxygens (including phenoxy) is 1. The number of hydrogen-bond acceptors (Lipinski definition) is 4. The fraction of sp³-hybridized carbons (Fsp3) is 0.353. The highest BCUT2D eigenvalue weighted by atomic mass is 19.1. The number of esters is 1. The molecule has 2 atom stereocenters. The zero-order valence-corrected chi connectivity index (χ0v) is 14.3. The average molecular weight is 364 g/mol. The summed E-state index contributed by atoms with van der Waals surface area (Å²) in [7, 11) is 1.22. The van der Waals surface area contributed by atoms with Gasteiger partial charge in [-0.3, -0.25) is 0 Å². The Labute approximate surface area is 148 Å². The van der Waals surface area contributed by atoms with Gasteiger partial charge in [-0.25, -0.2) is 23.4 Å². The Bertz CT molecular complexity index is 839. The van der Waals surface area contributed by atoms with Crippen molar-refractivity contribution >= 4 is 12.0 Å². The summed E-state index contributed by atoms with van der Waals surface area (Å²) in [5, 5.41) is 2.52. The van der Waals surface area contributed by atoms with Crippen LogP contribution in [-0.4, -0.2) is 46.6 Å². The molecule has 138 valence electrons. The van der Waals surface area contributed by atoms with E-state index in [0.29, 0.717) is 12.1 Å². The van der Waals surface area contributed by atoms with Gasteiger partial charge in [-0.1, -0.05) is 0 Å². The van der Waals surface area contributed by atoms with Crippen LogP contribution < -0.4 is 5.32 Å². The maximum Gasteiger partial charge on any atom is 0.328 e. The average Bonchev–Trinajstić information content (AvgIpc) is 3.10. The predicted molar refractivity (Wildman–Crippen MR) is 87.2 cm³/mol. The van der Waals surface area contributed by atoms with Crippen LogP contribution in [0.5, 0.6) is 0 Å². The van der Waals surface area contributed by atoms with Crippen LogP contribution in [-0.2, 0) is 16.0 Å². The van der Waals surface area contributed by atoms with Crippen molar-refractivity contribution in [1.82, 2.24) is 20.2 Å². The minimum atomic E-state index is -0.912. The molecular weight excluding hydrogens is 346 g/mol. The number of halogens is 2. The van der Waals surface area contributed by atoms with E-state index < -0.39 is 35.7 Å². The Morgan fingerprint density at radius 1 is 1.42 bits per heavy atom. The monoisotopic (exact) mass is 364 g/mol. The number of rotatable bonds is 3. The molecule has 3 rings (SSSR count). The number of amides is 2. The number of H-pyrrole nitrogens is 1. The van der Waals surface area contributed by atoms with Crippen LogP contribution in [0, 0.1) is 11.6 Å². The molecule has 26 heavy (non-hydrogen) atoms. The van der Waals surface area contributed by atoms with E-state index in [1.54, 1.807) is 0 Å². The quantitative estimate of drug-likeness (QED) is 0.815. The molecule has 2 heterocycles. The van der Waals surface area contributed by atoms with Gasteiger partial charge < -0.3 is 19.9 Å². The second-order valence-corrected chi connectivity index (χ2v) is 5.97. The third kappa shape index (κ3) is 3.24. The number of aromatic amines is 1. The smallest absolute Gasteiger partial charge is 0.328 e. The second-order valence-electron chi connectivity index (χ2n) is 5.97. The molecule has 0 aliphatic carbocycles. The Morgan fingerprint density at radius 3 is 2.92 bits per heavy atom. The van der Waals surface area contributed by atoms with E-state index in [0.717, 1.165) is 23.9 Å². The minimum Gasteiger partial charge on any atom is -0.467 e. The molecule has 0 unspecified atom stereocenters. The van der Waals surface area contributed by atoms with E-state index in [1.807, 2.05) is 0 Å². The maximum absolute atomic E-state index is 14.4. The van der Waals surface area contributed by atoms with Crippen LogP contribution in [0.25, 0.3) is 0 Å². The lowest BCUT2D eigenvalue weighted by molar-refractivity contribution is -0.142. The van der Waals surface area contributed by atoms with Crippen molar-refractivity contribution in [3.8, 4) is 0 Å². The largest absolute Gasteiger partial charge is 0.467 e. The van der Waals surface area contributed by atoms with Crippen LogP contribution in [0.1, 0.15) is 29.9 Å². The van der Waals surface area contributed by atoms with Gasteiger partial charge in [0.1, 0.15) is 23.7 Å². The summed E-state index contributed by atoms with van der Waals surface area (Å²) in [6.07, 6.45) is 1.93. The molecular formula is C17H18F2N4O3. The zero-order chi connectivity index (χ0) is 18.8. The Kier molecular flexibility index (Phi) is 4.88. The third-order valence-electron chi connectivity index (χ3n) is 4.33. The van der Waals surface area contributed by atoms with Crippen LogP contribution in [0.15, 0.2) is 24.5 Å². The van der Waals surface area contributed by atoms with E-state index in [-0.39, 0.29) is 12.1 Å². The summed E-state index contributed by atoms with van der Waals surface area (Å²) in [6.45, 7) is 1.72. The number of carbonyl (C=O) groups excluding carboxylic acids is 2.